The molecule has 6 heteroatoms. The third kappa shape index (κ3) is 4.07. The highest BCUT2D eigenvalue weighted by atomic mass is 16.5. The number of aryl methyl sites for hydroxylation is 2. The molecule has 1 aromatic heterocycles. The Labute approximate surface area is 147 Å². The summed E-state index contributed by atoms with van der Waals surface area (Å²) in [7, 11) is 0. The van der Waals surface area contributed by atoms with Crippen LogP contribution in [0.1, 0.15) is 40.2 Å². The predicted molar refractivity (Wildman–Crippen MR) is 93.2 cm³/mol. The van der Waals surface area contributed by atoms with Gasteiger partial charge in [-0.1, -0.05) is 23.4 Å². The fourth-order valence-corrected chi connectivity index (χ4v) is 3.15. The van der Waals surface area contributed by atoms with Crippen LogP contribution in [-0.2, 0) is 11.2 Å². The van der Waals surface area contributed by atoms with Crippen molar-refractivity contribution in [2.75, 3.05) is 13.1 Å². The average molecular weight is 341 g/mol. The molecule has 6 nitrogen and oxygen atoms in total. The van der Waals surface area contributed by atoms with Crippen LogP contribution in [0.4, 0.5) is 0 Å². The summed E-state index contributed by atoms with van der Waals surface area (Å²) in [6.07, 6.45) is 1.86. The molecule has 1 N–H and O–H groups in total. The Balaban J connectivity index is 1.50. The van der Waals surface area contributed by atoms with E-state index in [1.807, 2.05) is 36.9 Å². The van der Waals surface area contributed by atoms with E-state index in [1.54, 1.807) is 12.1 Å². The van der Waals surface area contributed by atoms with Gasteiger partial charge in [0.05, 0.1) is 12.1 Å². The third-order valence-corrected chi connectivity index (χ3v) is 4.73. The molecule has 2 heterocycles. The number of carbonyl (C=O) groups is 2. The Hall–Kier alpha value is -2.63. The molecule has 0 saturated carbocycles. The lowest BCUT2D eigenvalue weighted by atomic mass is 10.0. The van der Waals surface area contributed by atoms with Crippen LogP contribution in [0.3, 0.4) is 0 Å². The molecule has 1 aliphatic heterocycles. The molecule has 132 valence electrons. The van der Waals surface area contributed by atoms with E-state index >= 15 is 0 Å². The molecule has 0 bridgehead atoms. The van der Waals surface area contributed by atoms with Gasteiger partial charge in [0, 0.05) is 30.3 Å². The molecular formula is C19H23N3O3. The first-order valence-corrected chi connectivity index (χ1v) is 8.60. The fourth-order valence-electron chi connectivity index (χ4n) is 3.15. The van der Waals surface area contributed by atoms with Gasteiger partial charge in [-0.15, -0.1) is 0 Å². The van der Waals surface area contributed by atoms with Gasteiger partial charge in [-0.2, -0.15) is 0 Å². The van der Waals surface area contributed by atoms with Crippen LogP contribution in [0.2, 0.25) is 0 Å². The smallest absolute Gasteiger partial charge is 0.251 e. The van der Waals surface area contributed by atoms with Crippen molar-refractivity contribution in [1.29, 1.82) is 0 Å². The van der Waals surface area contributed by atoms with Crippen molar-refractivity contribution in [1.82, 2.24) is 15.4 Å². The van der Waals surface area contributed by atoms with Crippen molar-refractivity contribution >= 4 is 11.8 Å². The van der Waals surface area contributed by atoms with Crippen LogP contribution in [-0.4, -0.2) is 41.0 Å². The SMILES string of the molecule is Cc1noc(C)c1CC(=O)N1CCC(NC(=O)c2ccccc2)CC1. The van der Waals surface area contributed by atoms with E-state index in [2.05, 4.69) is 10.5 Å². The molecule has 2 aromatic rings. The van der Waals surface area contributed by atoms with Crippen LogP contribution < -0.4 is 5.32 Å². The van der Waals surface area contributed by atoms with Gasteiger partial charge in [-0.3, -0.25) is 9.59 Å². The number of aromatic nitrogens is 1. The van der Waals surface area contributed by atoms with Gasteiger partial charge >= 0.3 is 0 Å². The van der Waals surface area contributed by atoms with E-state index in [4.69, 9.17) is 4.52 Å². The van der Waals surface area contributed by atoms with Gasteiger partial charge < -0.3 is 14.7 Å². The predicted octanol–water partition coefficient (Wildman–Crippen LogP) is 2.25. The number of carbonyl (C=O) groups excluding carboxylic acids is 2. The molecule has 1 aliphatic rings. The number of nitrogens with one attached hydrogen (secondary N) is 1. The van der Waals surface area contributed by atoms with Crippen LogP contribution >= 0.6 is 0 Å². The van der Waals surface area contributed by atoms with Gasteiger partial charge in [0.15, 0.2) is 0 Å². The number of rotatable bonds is 4. The minimum absolute atomic E-state index is 0.0545. The zero-order valence-corrected chi connectivity index (χ0v) is 14.6. The number of amides is 2. The number of piperidine rings is 1. The standard InChI is InChI=1S/C19H23N3O3/c1-13-17(14(2)25-21-13)12-18(23)22-10-8-16(9-11-22)20-19(24)15-6-4-3-5-7-15/h3-7,16H,8-12H2,1-2H3,(H,20,24). The molecule has 0 spiro atoms. The van der Waals surface area contributed by atoms with E-state index in [9.17, 15) is 9.59 Å². The molecular weight excluding hydrogens is 318 g/mol. The van der Waals surface area contributed by atoms with Crippen molar-refractivity contribution in [3.05, 3.63) is 52.9 Å². The lowest BCUT2D eigenvalue weighted by Gasteiger charge is -2.32. The van der Waals surface area contributed by atoms with Crippen LogP contribution in [0, 0.1) is 13.8 Å². The van der Waals surface area contributed by atoms with E-state index in [0.717, 1.165) is 24.1 Å². The fraction of sp³-hybridized carbons (Fsp3) is 0.421. The topological polar surface area (TPSA) is 75.4 Å². The zero-order chi connectivity index (χ0) is 17.8. The highest BCUT2D eigenvalue weighted by molar-refractivity contribution is 5.94. The maximum Gasteiger partial charge on any atom is 0.251 e. The molecule has 0 unspecified atom stereocenters. The Kier molecular flexibility index (Phi) is 5.16. The van der Waals surface area contributed by atoms with E-state index in [-0.39, 0.29) is 17.9 Å². The zero-order valence-electron chi connectivity index (χ0n) is 14.6. The number of benzene rings is 1. The van der Waals surface area contributed by atoms with E-state index < -0.39 is 0 Å². The Bertz CT molecular complexity index is 727. The van der Waals surface area contributed by atoms with Gasteiger partial charge in [0.2, 0.25) is 5.91 Å². The van der Waals surface area contributed by atoms with Crippen molar-refractivity contribution in [3.63, 3.8) is 0 Å². The van der Waals surface area contributed by atoms with Crippen LogP contribution in [0.15, 0.2) is 34.9 Å². The molecule has 0 aliphatic carbocycles. The maximum atomic E-state index is 12.5. The van der Waals surface area contributed by atoms with Crippen molar-refractivity contribution in [3.8, 4) is 0 Å². The Morgan fingerprint density at radius 1 is 1.20 bits per heavy atom. The summed E-state index contributed by atoms with van der Waals surface area (Å²) in [5.41, 5.74) is 2.32. The largest absolute Gasteiger partial charge is 0.361 e. The summed E-state index contributed by atoms with van der Waals surface area (Å²) < 4.78 is 5.12. The van der Waals surface area contributed by atoms with E-state index in [1.165, 1.54) is 0 Å². The minimum Gasteiger partial charge on any atom is -0.361 e. The summed E-state index contributed by atoms with van der Waals surface area (Å²) in [6, 6.07) is 9.31. The third-order valence-electron chi connectivity index (χ3n) is 4.73. The average Bonchev–Trinajstić information content (AvgIpc) is 2.95. The monoisotopic (exact) mass is 341 g/mol. The normalized spacial score (nSPS) is 15.2. The first kappa shape index (κ1) is 17.2. The summed E-state index contributed by atoms with van der Waals surface area (Å²) in [5.74, 6) is 0.735. The van der Waals surface area contributed by atoms with Gasteiger partial charge in [0.25, 0.3) is 5.91 Å². The van der Waals surface area contributed by atoms with E-state index in [0.29, 0.717) is 30.8 Å². The summed E-state index contributed by atoms with van der Waals surface area (Å²) in [6.45, 7) is 4.99. The first-order chi connectivity index (χ1) is 12.0. The second-order valence-electron chi connectivity index (χ2n) is 6.47. The van der Waals surface area contributed by atoms with Gasteiger partial charge in [-0.05, 0) is 38.8 Å². The number of likely N-dealkylation sites (tertiary alicyclic amines) is 1. The number of hydrogen-bond acceptors (Lipinski definition) is 4. The molecule has 25 heavy (non-hydrogen) atoms. The first-order valence-electron chi connectivity index (χ1n) is 8.60. The molecule has 3 rings (SSSR count). The lowest BCUT2D eigenvalue weighted by Crippen LogP contribution is -2.47. The quantitative estimate of drug-likeness (QED) is 0.925. The molecule has 1 saturated heterocycles. The molecule has 2 amide bonds. The molecule has 1 fully saturated rings. The molecule has 0 radical (unpaired) electrons. The van der Waals surface area contributed by atoms with Crippen LogP contribution in [0.5, 0.6) is 0 Å². The summed E-state index contributed by atoms with van der Waals surface area (Å²) in [5, 5.41) is 6.95. The van der Waals surface area contributed by atoms with Crippen LogP contribution in [0.25, 0.3) is 0 Å². The number of nitrogens with zero attached hydrogens (tertiary/aromatic N) is 2. The van der Waals surface area contributed by atoms with Gasteiger partial charge in [0.1, 0.15) is 5.76 Å². The summed E-state index contributed by atoms with van der Waals surface area (Å²) in [4.78, 5) is 26.6. The minimum atomic E-state index is -0.0545. The molecule has 1 aromatic carbocycles. The summed E-state index contributed by atoms with van der Waals surface area (Å²) >= 11 is 0. The number of hydrogen-bond donors (Lipinski definition) is 1. The van der Waals surface area contributed by atoms with Crippen molar-refractivity contribution < 1.29 is 14.1 Å². The Morgan fingerprint density at radius 2 is 1.88 bits per heavy atom. The van der Waals surface area contributed by atoms with Crippen molar-refractivity contribution in [2.24, 2.45) is 0 Å². The van der Waals surface area contributed by atoms with Crippen molar-refractivity contribution in [2.45, 2.75) is 39.2 Å². The van der Waals surface area contributed by atoms with Gasteiger partial charge in [-0.25, -0.2) is 0 Å². The second-order valence-corrected chi connectivity index (χ2v) is 6.47. The maximum absolute atomic E-state index is 12.5. The molecule has 0 atom stereocenters. The highest BCUT2D eigenvalue weighted by Crippen LogP contribution is 2.17. The second kappa shape index (κ2) is 7.51. The lowest BCUT2D eigenvalue weighted by molar-refractivity contribution is -0.131. The highest BCUT2D eigenvalue weighted by Gasteiger charge is 2.25. The Morgan fingerprint density at radius 3 is 2.48 bits per heavy atom.